The van der Waals surface area contributed by atoms with E-state index in [1.54, 1.807) is 24.3 Å². The van der Waals surface area contributed by atoms with Crippen molar-refractivity contribution in [2.24, 2.45) is 0 Å². The van der Waals surface area contributed by atoms with Crippen molar-refractivity contribution in [1.82, 2.24) is 4.72 Å². The van der Waals surface area contributed by atoms with E-state index < -0.39 is 10.0 Å². The predicted molar refractivity (Wildman–Crippen MR) is 87.5 cm³/mol. The van der Waals surface area contributed by atoms with Crippen LogP contribution in [0.3, 0.4) is 0 Å². The van der Waals surface area contributed by atoms with Gasteiger partial charge in [0.1, 0.15) is 10.6 Å². The zero-order valence-corrected chi connectivity index (χ0v) is 13.5. The molecule has 6 heteroatoms. The first kappa shape index (κ1) is 16.3. The largest absolute Gasteiger partial charge is 0.495 e. The first-order valence-corrected chi connectivity index (χ1v) is 8.39. The molecule has 0 radical (unpaired) electrons. The number of hydrogen-bond acceptors (Lipinski definition) is 4. The maximum atomic E-state index is 12.4. The Morgan fingerprint density at radius 2 is 1.82 bits per heavy atom. The van der Waals surface area contributed by atoms with Crippen molar-refractivity contribution in [3.63, 3.8) is 0 Å². The summed E-state index contributed by atoms with van der Waals surface area (Å²) in [4.78, 5) is 0.160. The molecule has 0 atom stereocenters. The van der Waals surface area contributed by atoms with E-state index in [9.17, 15) is 8.42 Å². The third-order valence-electron chi connectivity index (χ3n) is 3.29. The number of sulfonamides is 1. The van der Waals surface area contributed by atoms with E-state index in [4.69, 9.17) is 10.5 Å². The number of nitrogen functional groups attached to an aromatic ring is 1. The SMILES string of the molecule is COc1ccc(C)cc1S(=O)(=O)NCCc1ccc(N)cc1. The van der Waals surface area contributed by atoms with Crippen molar-refractivity contribution < 1.29 is 13.2 Å². The minimum Gasteiger partial charge on any atom is -0.495 e. The molecule has 0 bridgehead atoms. The van der Waals surface area contributed by atoms with Crippen molar-refractivity contribution in [3.05, 3.63) is 53.6 Å². The zero-order valence-electron chi connectivity index (χ0n) is 12.7. The fourth-order valence-electron chi connectivity index (χ4n) is 2.09. The summed E-state index contributed by atoms with van der Waals surface area (Å²) in [6, 6.07) is 12.4. The molecular weight excluding hydrogens is 300 g/mol. The van der Waals surface area contributed by atoms with Crippen LogP contribution in [0, 0.1) is 6.92 Å². The topological polar surface area (TPSA) is 81.4 Å². The lowest BCUT2D eigenvalue weighted by molar-refractivity contribution is 0.402. The first-order valence-electron chi connectivity index (χ1n) is 6.91. The maximum Gasteiger partial charge on any atom is 0.244 e. The molecule has 0 heterocycles. The van der Waals surface area contributed by atoms with Crippen LogP contribution in [0.1, 0.15) is 11.1 Å². The van der Waals surface area contributed by atoms with Crippen LogP contribution in [-0.2, 0) is 16.4 Å². The molecule has 0 saturated heterocycles. The average Bonchev–Trinajstić information content (AvgIpc) is 2.49. The van der Waals surface area contributed by atoms with Crippen LogP contribution in [0.2, 0.25) is 0 Å². The standard InChI is InChI=1S/C16H20N2O3S/c1-12-3-8-15(21-2)16(11-12)22(19,20)18-10-9-13-4-6-14(17)7-5-13/h3-8,11,18H,9-10,17H2,1-2H3. The second-order valence-corrected chi connectivity index (χ2v) is 6.78. The van der Waals surface area contributed by atoms with Crippen molar-refractivity contribution >= 4 is 15.7 Å². The first-order chi connectivity index (χ1) is 10.4. The van der Waals surface area contributed by atoms with Gasteiger partial charge in [-0.3, -0.25) is 0 Å². The fourth-order valence-corrected chi connectivity index (χ4v) is 3.37. The lowest BCUT2D eigenvalue weighted by atomic mass is 10.1. The second kappa shape index (κ2) is 6.81. The fraction of sp³-hybridized carbons (Fsp3) is 0.250. The van der Waals surface area contributed by atoms with Crippen LogP contribution in [0.4, 0.5) is 5.69 Å². The molecule has 2 aromatic carbocycles. The summed E-state index contributed by atoms with van der Waals surface area (Å²) in [6.45, 7) is 2.15. The summed E-state index contributed by atoms with van der Waals surface area (Å²) in [5.74, 6) is 0.339. The van der Waals surface area contributed by atoms with Gasteiger partial charge < -0.3 is 10.5 Å². The van der Waals surface area contributed by atoms with Crippen LogP contribution in [0.15, 0.2) is 47.4 Å². The number of nitrogens with one attached hydrogen (secondary N) is 1. The van der Waals surface area contributed by atoms with E-state index in [1.807, 2.05) is 25.1 Å². The number of anilines is 1. The van der Waals surface area contributed by atoms with Gasteiger partial charge in [-0.1, -0.05) is 18.2 Å². The van der Waals surface area contributed by atoms with Gasteiger partial charge in [0.15, 0.2) is 0 Å². The third-order valence-corrected chi connectivity index (χ3v) is 4.78. The molecule has 0 saturated carbocycles. The van der Waals surface area contributed by atoms with Gasteiger partial charge in [-0.2, -0.15) is 0 Å². The number of nitrogens with two attached hydrogens (primary N) is 1. The van der Waals surface area contributed by atoms with Gasteiger partial charge in [-0.25, -0.2) is 13.1 Å². The number of benzene rings is 2. The number of methoxy groups -OCH3 is 1. The maximum absolute atomic E-state index is 12.4. The Balaban J connectivity index is 2.08. The highest BCUT2D eigenvalue weighted by molar-refractivity contribution is 7.89. The van der Waals surface area contributed by atoms with Crippen LogP contribution in [-0.4, -0.2) is 22.1 Å². The Labute approximate surface area is 131 Å². The smallest absolute Gasteiger partial charge is 0.244 e. The molecule has 0 unspecified atom stereocenters. The van der Waals surface area contributed by atoms with Crippen molar-refractivity contribution in [2.75, 3.05) is 19.4 Å². The monoisotopic (exact) mass is 320 g/mol. The van der Waals surface area contributed by atoms with E-state index in [2.05, 4.69) is 4.72 Å². The highest BCUT2D eigenvalue weighted by Gasteiger charge is 2.19. The van der Waals surface area contributed by atoms with Crippen molar-refractivity contribution in [2.45, 2.75) is 18.2 Å². The minimum absolute atomic E-state index is 0.160. The van der Waals surface area contributed by atoms with Gasteiger partial charge in [0.05, 0.1) is 7.11 Å². The van der Waals surface area contributed by atoms with Crippen LogP contribution < -0.4 is 15.2 Å². The molecule has 2 aromatic rings. The normalized spacial score (nSPS) is 11.4. The lowest BCUT2D eigenvalue weighted by Crippen LogP contribution is -2.26. The molecule has 0 aliphatic heterocycles. The highest BCUT2D eigenvalue weighted by atomic mass is 32.2. The van der Waals surface area contributed by atoms with E-state index >= 15 is 0 Å². The third kappa shape index (κ3) is 3.99. The molecule has 0 amide bonds. The van der Waals surface area contributed by atoms with E-state index in [-0.39, 0.29) is 4.90 Å². The molecule has 0 aromatic heterocycles. The summed E-state index contributed by atoms with van der Waals surface area (Å²) >= 11 is 0. The second-order valence-electron chi connectivity index (χ2n) is 5.04. The predicted octanol–water partition coefficient (Wildman–Crippen LogP) is 2.11. The number of rotatable bonds is 6. The lowest BCUT2D eigenvalue weighted by Gasteiger charge is -2.11. The Morgan fingerprint density at radius 1 is 1.14 bits per heavy atom. The molecule has 0 aliphatic carbocycles. The Bertz CT molecular complexity index is 740. The summed E-state index contributed by atoms with van der Waals surface area (Å²) in [5, 5.41) is 0. The van der Waals surface area contributed by atoms with Crippen LogP contribution in [0.25, 0.3) is 0 Å². The van der Waals surface area contributed by atoms with Gasteiger partial charge >= 0.3 is 0 Å². The van der Waals surface area contributed by atoms with E-state index in [1.165, 1.54) is 7.11 Å². The summed E-state index contributed by atoms with van der Waals surface area (Å²) in [5.41, 5.74) is 8.19. The molecule has 0 aliphatic rings. The van der Waals surface area contributed by atoms with Gasteiger partial charge in [0, 0.05) is 12.2 Å². The number of aryl methyl sites for hydroxylation is 1. The van der Waals surface area contributed by atoms with Gasteiger partial charge in [0.25, 0.3) is 0 Å². The zero-order chi connectivity index (χ0) is 16.2. The summed E-state index contributed by atoms with van der Waals surface area (Å²) in [7, 11) is -2.15. The molecule has 3 N–H and O–H groups in total. The van der Waals surface area contributed by atoms with Crippen molar-refractivity contribution in [1.29, 1.82) is 0 Å². The van der Waals surface area contributed by atoms with E-state index in [0.717, 1.165) is 11.1 Å². The molecule has 0 fully saturated rings. The molecule has 5 nitrogen and oxygen atoms in total. The number of hydrogen-bond donors (Lipinski definition) is 2. The Morgan fingerprint density at radius 3 is 2.45 bits per heavy atom. The van der Waals surface area contributed by atoms with Crippen molar-refractivity contribution in [3.8, 4) is 5.75 Å². The molecule has 0 spiro atoms. The highest BCUT2D eigenvalue weighted by Crippen LogP contribution is 2.24. The average molecular weight is 320 g/mol. The van der Waals surface area contributed by atoms with Crippen LogP contribution in [0.5, 0.6) is 5.75 Å². The van der Waals surface area contributed by atoms with Crippen LogP contribution >= 0.6 is 0 Å². The van der Waals surface area contributed by atoms with Gasteiger partial charge in [-0.05, 0) is 48.7 Å². The van der Waals surface area contributed by atoms with E-state index in [0.29, 0.717) is 24.4 Å². The Hall–Kier alpha value is -2.05. The van der Waals surface area contributed by atoms with Gasteiger partial charge in [0.2, 0.25) is 10.0 Å². The summed E-state index contributed by atoms with van der Waals surface area (Å²) in [6.07, 6.45) is 0.591. The number of ether oxygens (including phenoxy) is 1. The molecule has 2 rings (SSSR count). The molecule has 22 heavy (non-hydrogen) atoms. The quantitative estimate of drug-likeness (QED) is 0.799. The Kier molecular flexibility index (Phi) is 5.05. The van der Waals surface area contributed by atoms with Gasteiger partial charge in [-0.15, -0.1) is 0 Å². The molecule has 118 valence electrons. The minimum atomic E-state index is -3.60. The molecular formula is C16H20N2O3S. The summed E-state index contributed by atoms with van der Waals surface area (Å²) < 4.78 is 32.5.